The van der Waals surface area contributed by atoms with Crippen molar-refractivity contribution in [3.63, 3.8) is 0 Å². The minimum absolute atomic E-state index is 0.0116. The first kappa shape index (κ1) is 6.55. The molecule has 1 aliphatic rings. The predicted molar refractivity (Wildman–Crippen MR) is 30.9 cm³/mol. The van der Waals surface area contributed by atoms with Crippen LogP contribution in [0.1, 0.15) is 6.92 Å². The second-order valence-corrected chi connectivity index (χ2v) is 2.29. The zero-order valence-corrected chi connectivity index (χ0v) is 5.37. The first-order valence-electron chi connectivity index (χ1n) is 3.01. The van der Waals surface area contributed by atoms with Gasteiger partial charge in [0.1, 0.15) is 6.10 Å². The molecule has 0 N–H and O–H groups in total. The van der Waals surface area contributed by atoms with Crippen LogP contribution < -0.4 is 0 Å². The second-order valence-electron chi connectivity index (χ2n) is 2.29. The van der Waals surface area contributed by atoms with E-state index in [1.165, 1.54) is 0 Å². The van der Waals surface area contributed by atoms with E-state index in [4.69, 9.17) is 9.47 Å². The molecule has 52 valence electrons. The molecule has 1 aliphatic heterocycles. The fourth-order valence-corrected chi connectivity index (χ4v) is 0.886. The van der Waals surface area contributed by atoms with E-state index < -0.39 is 0 Å². The van der Waals surface area contributed by atoms with E-state index >= 15 is 0 Å². The maximum Gasteiger partial charge on any atom is 0.293 e. The zero-order valence-electron chi connectivity index (χ0n) is 5.37. The molecule has 1 saturated heterocycles. The van der Waals surface area contributed by atoms with Crippen LogP contribution in [0, 0.1) is 5.92 Å². The van der Waals surface area contributed by atoms with Crippen LogP contribution in [-0.4, -0.2) is 25.8 Å². The summed E-state index contributed by atoms with van der Waals surface area (Å²) in [5.74, 6) is 0.357. The van der Waals surface area contributed by atoms with E-state index in [1.807, 2.05) is 6.92 Å². The molecule has 0 spiro atoms. The molecule has 9 heavy (non-hydrogen) atoms. The van der Waals surface area contributed by atoms with Gasteiger partial charge in [-0.15, -0.1) is 0 Å². The largest absolute Gasteiger partial charge is 0.462 e. The Morgan fingerprint density at radius 2 is 2.44 bits per heavy atom. The normalized spacial score (nSPS) is 34.3. The predicted octanol–water partition coefficient (Wildman–Crippen LogP) is 0.194. The summed E-state index contributed by atoms with van der Waals surface area (Å²) in [6.07, 6.45) is -0.0116. The fourth-order valence-electron chi connectivity index (χ4n) is 0.886. The van der Waals surface area contributed by atoms with Crippen LogP contribution in [0.2, 0.25) is 0 Å². The third kappa shape index (κ3) is 1.42. The number of carbonyl (C=O) groups is 1. The molecule has 2 unspecified atom stereocenters. The summed E-state index contributed by atoms with van der Waals surface area (Å²) in [6.45, 7) is 3.75. The molecule has 0 amide bonds. The average Bonchev–Trinajstić information content (AvgIpc) is 2.18. The molecule has 1 fully saturated rings. The molecule has 3 nitrogen and oxygen atoms in total. The average molecular weight is 130 g/mol. The number of rotatable bonds is 2. The molecule has 0 aromatic carbocycles. The monoisotopic (exact) mass is 130 g/mol. The summed E-state index contributed by atoms with van der Waals surface area (Å²) < 4.78 is 9.75. The van der Waals surface area contributed by atoms with E-state index in [9.17, 15) is 4.79 Å². The Kier molecular flexibility index (Phi) is 2.05. The molecular weight excluding hydrogens is 120 g/mol. The number of ether oxygens (including phenoxy) is 2. The molecule has 3 heteroatoms. The Hall–Kier alpha value is -0.570. The van der Waals surface area contributed by atoms with Gasteiger partial charge in [-0.2, -0.15) is 0 Å². The molecule has 0 radical (unpaired) electrons. The van der Waals surface area contributed by atoms with Crippen molar-refractivity contribution in [2.75, 3.05) is 13.2 Å². The van der Waals surface area contributed by atoms with Crippen LogP contribution >= 0.6 is 0 Å². The summed E-state index contributed by atoms with van der Waals surface area (Å²) in [5.41, 5.74) is 0. The fraction of sp³-hybridized carbons (Fsp3) is 0.833. The Morgan fingerprint density at radius 3 is 2.89 bits per heavy atom. The minimum atomic E-state index is -0.0116. The molecule has 1 rings (SSSR count). The van der Waals surface area contributed by atoms with Crippen molar-refractivity contribution < 1.29 is 14.3 Å². The van der Waals surface area contributed by atoms with Crippen molar-refractivity contribution in [3.8, 4) is 0 Å². The van der Waals surface area contributed by atoms with Gasteiger partial charge in [-0.3, -0.25) is 4.79 Å². The SMILES string of the molecule is CC1COCC1OC=O. The number of hydrogen-bond acceptors (Lipinski definition) is 3. The molecule has 0 aliphatic carbocycles. The summed E-state index contributed by atoms with van der Waals surface area (Å²) in [4.78, 5) is 9.83. The van der Waals surface area contributed by atoms with Crippen molar-refractivity contribution in [2.24, 2.45) is 5.92 Å². The summed E-state index contributed by atoms with van der Waals surface area (Å²) >= 11 is 0. The van der Waals surface area contributed by atoms with Crippen LogP contribution in [0.4, 0.5) is 0 Å². The molecule has 0 aromatic rings. The van der Waals surface area contributed by atoms with Gasteiger partial charge in [0.15, 0.2) is 0 Å². The maximum absolute atomic E-state index is 9.83. The molecule has 0 aromatic heterocycles. The van der Waals surface area contributed by atoms with Crippen molar-refractivity contribution in [1.82, 2.24) is 0 Å². The Morgan fingerprint density at radius 1 is 1.67 bits per heavy atom. The standard InChI is InChI=1S/C6H10O3/c1-5-2-8-3-6(5)9-4-7/h4-6H,2-3H2,1H3. The van der Waals surface area contributed by atoms with E-state index in [0.717, 1.165) is 0 Å². The second kappa shape index (κ2) is 2.82. The summed E-state index contributed by atoms with van der Waals surface area (Å²) in [7, 11) is 0. The van der Waals surface area contributed by atoms with Gasteiger partial charge in [0.2, 0.25) is 0 Å². The van der Waals surface area contributed by atoms with E-state index in [-0.39, 0.29) is 6.10 Å². The van der Waals surface area contributed by atoms with Gasteiger partial charge < -0.3 is 9.47 Å². The molecular formula is C6H10O3. The van der Waals surface area contributed by atoms with Gasteiger partial charge in [-0.1, -0.05) is 6.92 Å². The minimum Gasteiger partial charge on any atom is -0.462 e. The highest BCUT2D eigenvalue weighted by Crippen LogP contribution is 2.14. The lowest BCUT2D eigenvalue weighted by molar-refractivity contribution is -0.134. The maximum atomic E-state index is 9.83. The number of hydrogen-bond donors (Lipinski definition) is 0. The van der Waals surface area contributed by atoms with Crippen molar-refractivity contribution >= 4 is 6.47 Å². The summed E-state index contributed by atoms with van der Waals surface area (Å²) in [5, 5.41) is 0. The van der Waals surface area contributed by atoms with Crippen molar-refractivity contribution in [1.29, 1.82) is 0 Å². The Bertz CT molecular complexity index is 102. The van der Waals surface area contributed by atoms with Crippen molar-refractivity contribution in [3.05, 3.63) is 0 Å². The van der Waals surface area contributed by atoms with Crippen LogP contribution in [0.25, 0.3) is 0 Å². The van der Waals surface area contributed by atoms with E-state index in [1.54, 1.807) is 0 Å². The molecule has 0 saturated carbocycles. The van der Waals surface area contributed by atoms with Crippen LogP contribution in [0.5, 0.6) is 0 Å². The zero-order chi connectivity index (χ0) is 6.69. The Labute approximate surface area is 53.9 Å². The van der Waals surface area contributed by atoms with Gasteiger partial charge in [-0.05, 0) is 0 Å². The van der Waals surface area contributed by atoms with Gasteiger partial charge >= 0.3 is 0 Å². The first-order chi connectivity index (χ1) is 4.34. The highest BCUT2D eigenvalue weighted by Gasteiger charge is 2.24. The third-order valence-electron chi connectivity index (χ3n) is 1.53. The number of carbonyl (C=O) groups excluding carboxylic acids is 1. The Balaban J connectivity index is 2.30. The molecule has 0 bridgehead atoms. The van der Waals surface area contributed by atoms with Gasteiger partial charge in [0, 0.05) is 5.92 Å². The van der Waals surface area contributed by atoms with Crippen LogP contribution in [0.15, 0.2) is 0 Å². The first-order valence-corrected chi connectivity index (χ1v) is 3.01. The van der Waals surface area contributed by atoms with Gasteiger partial charge in [-0.25, -0.2) is 0 Å². The smallest absolute Gasteiger partial charge is 0.293 e. The van der Waals surface area contributed by atoms with Gasteiger partial charge in [0.05, 0.1) is 13.2 Å². The van der Waals surface area contributed by atoms with Gasteiger partial charge in [0.25, 0.3) is 6.47 Å². The molecule has 1 heterocycles. The lowest BCUT2D eigenvalue weighted by atomic mass is 10.1. The summed E-state index contributed by atoms with van der Waals surface area (Å²) in [6, 6.07) is 0. The quantitative estimate of drug-likeness (QED) is 0.501. The van der Waals surface area contributed by atoms with E-state index in [2.05, 4.69) is 0 Å². The molecule has 2 atom stereocenters. The van der Waals surface area contributed by atoms with Crippen molar-refractivity contribution in [2.45, 2.75) is 13.0 Å². The highest BCUT2D eigenvalue weighted by molar-refractivity contribution is 5.37. The lowest BCUT2D eigenvalue weighted by Crippen LogP contribution is -2.18. The topological polar surface area (TPSA) is 35.5 Å². The highest BCUT2D eigenvalue weighted by atomic mass is 16.6. The third-order valence-corrected chi connectivity index (χ3v) is 1.53. The van der Waals surface area contributed by atoms with E-state index in [0.29, 0.717) is 25.6 Å². The van der Waals surface area contributed by atoms with Crippen LogP contribution in [-0.2, 0) is 14.3 Å². The van der Waals surface area contributed by atoms with Crippen LogP contribution in [0.3, 0.4) is 0 Å². The lowest BCUT2D eigenvalue weighted by Gasteiger charge is -2.08.